The van der Waals surface area contributed by atoms with Crippen LogP contribution in [0.25, 0.3) is 36.5 Å². The number of rotatable bonds is 26. The maximum Gasteiger partial charge on any atom is 0.189 e. The number of hydrogen-bond donors (Lipinski definition) is 10. The van der Waals surface area contributed by atoms with Gasteiger partial charge in [0.2, 0.25) is 0 Å². The number of phenols is 10. The van der Waals surface area contributed by atoms with Gasteiger partial charge in [-0.05, 0) is 199 Å². The first kappa shape index (κ1) is 92.7. The maximum atomic E-state index is 12.2. The van der Waals surface area contributed by atoms with E-state index in [1.807, 2.05) is 6.07 Å². The molecule has 0 spiro atoms. The summed E-state index contributed by atoms with van der Waals surface area (Å²) in [6.45, 7) is 0. The highest BCUT2D eigenvalue weighted by Gasteiger charge is 2.17. The van der Waals surface area contributed by atoms with Gasteiger partial charge in [-0.3, -0.25) is 28.8 Å². The average Bonchev–Trinajstić information content (AvgIpc) is 0.834. The third kappa shape index (κ3) is 27.6. The summed E-state index contributed by atoms with van der Waals surface area (Å²) in [6, 6.07) is 68.0. The number of carbonyl (C=O) groups is 6. The Balaban J connectivity index is 0.000000202. The zero-order valence-corrected chi connectivity index (χ0v) is 67.4. The van der Waals surface area contributed by atoms with Crippen molar-refractivity contribution in [1.82, 2.24) is 0 Å². The summed E-state index contributed by atoms with van der Waals surface area (Å²) in [4.78, 5) is 71.9. The lowest BCUT2D eigenvalue weighted by Gasteiger charge is -2.09. The molecular formula is C98H88O24. The highest BCUT2D eigenvalue weighted by Crippen LogP contribution is 2.36. The zero-order valence-electron chi connectivity index (χ0n) is 67.4. The number of hydrogen-bond acceptors (Lipinski definition) is 24. The second-order valence-corrected chi connectivity index (χ2v) is 25.2. The van der Waals surface area contributed by atoms with Gasteiger partial charge < -0.3 is 89.0 Å². The van der Waals surface area contributed by atoms with Crippen LogP contribution in [0.5, 0.6) is 103 Å². The highest BCUT2D eigenvalue weighted by atomic mass is 16.5. The third-order valence-corrected chi connectivity index (χ3v) is 17.2. The SMILES string of the molecule is COc1ccc(/C=C/C(=O)c2ccccc2O)cc1OC.COc1ccc(C(=O)/C=C/c2cccc(OC)c2OC)c(O)c1.COc1cccc(/C=C/C(=O)c2ccc(O)cc2O)c1OC.COc1cccc(/C=C/C(=O)c2ccccc2O)c1O.O=C(/C=C/c1ccc(O)cc1)c1ccccc1O.O=C(/C=C/c1cccc(O)c1)c1ccccc1O. The molecule has 0 aliphatic carbocycles. The summed E-state index contributed by atoms with van der Waals surface area (Å²) in [7, 11) is 12.2. The van der Waals surface area contributed by atoms with Crippen LogP contribution in [0.1, 0.15) is 95.5 Å². The van der Waals surface area contributed by atoms with Crippen molar-refractivity contribution in [3.05, 3.63) is 358 Å². The summed E-state index contributed by atoms with van der Waals surface area (Å²) >= 11 is 0. The summed E-state index contributed by atoms with van der Waals surface area (Å²) < 4.78 is 41.3. The summed E-state index contributed by atoms with van der Waals surface area (Å²) in [5.74, 6) is 2.00. The molecule has 0 aliphatic rings. The van der Waals surface area contributed by atoms with E-state index in [4.69, 9.17) is 43.0 Å². The number of benzene rings is 12. The number of para-hydroxylation sites is 7. The Labute approximate surface area is 703 Å². The molecule has 10 N–H and O–H groups in total. The van der Waals surface area contributed by atoms with Crippen molar-refractivity contribution in [3.63, 3.8) is 0 Å². The van der Waals surface area contributed by atoms with Crippen LogP contribution in [-0.4, -0.2) is 143 Å². The largest absolute Gasteiger partial charge is 0.508 e. The van der Waals surface area contributed by atoms with Crippen molar-refractivity contribution >= 4 is 71.2 Å². The molecule has 12 aromatic rings. The first-order chi connectivity index (χ1) is 58.8. The second-order valence-electron chi connectivity index (χ2n) is 25.2. The predicted octanol–water partition coefficient (Wildman–Crippen LogP) is 18.6. The molecule has 12 rings (SSSR count). The molecule has 24 nitrogen and oxygen atoms in total. The molecule has 122 heavy (non-hydrogen) atoms. The van der Waals surface area contributed by atoms with E-state index in [0.717, 1.165) is 22.8 Å². The Morgan fingerprint density at radius 2 is 0.549 bits per heavy atom. The summed E-state index contributed by atoms with van der Waals surface area (Å²) in [6.07, 6.45) is 17.7. The molecule has 0 aliphatic heterocycles. The van der Waals surface area contributed by atoms with Crippen molar-refractivity contribution in [1.29, 1.82) is 0 Å². The number of phenolic OH excluding ortho intramolecular Hbond substituents is 10. The van der Waals surface area contributed by atoms with Crippen molar-refractivity contribution in [2.75, 3.05) is 56.9 Å². The molecule has 0 unspecified atom stereocenters. The van der Waals surface area contributed by atoms with E-state index in [1.54, 1.807) is 240 Å². The van der Waals surface area contributed by atoms with E-state index in [1.165, 1.54) is 133 Å². The normalized spacial score (nSPS) is 10.6. The van der Waals surface area contributed by atoms with Crippen LogP contribution < -0.4 is 37.9 Å². The number of methoxy groups -OCH3 is 8. The van der Waals surface area contributed by atoms with E-state index < -0.39 is 0 Å². The van der Waals surface area contributed by atoms with Gasteiger partial charge in [0.15, 0.2) is 80.7 Å². The smallest absolute Gasteiger partial charge is 0.189 e. The Morgan fingerprint density at radius 1 is 0.221 bits per heavy atom. The molecule has 0 heterocycles. The molecule has 24 heteroatoms. The quantitative estimate of drug-likeness (QED) is 0.0178. The molecule has 0 radical (unpaired) electrons. The number of ketones is 6. The minimum absolute atomic E-state index is 0.0283. The summed E-state index contributed by atoms with van der Waals surface area (Å²) in [5.41, 5.74) is 5.49. The van der Waals surface area contributed by atoms with Gasteiger partial charge in [0.25, 0.3) is 0 Å². The van der Waals surface area contributed by atoms with Gasteiger partial charge in [-0.25, -0.2) is 0 Å². The lowest BCUT2D eigenvalue weighted by atomic mass is 10.1. The molecule has 0 bridgehead atoms. The lowest BCUT2D eigenvalue weighted by molar-refractivity contribution is 0.103. The van der Waals surface area contributed by atoms with Crippen LogP contribution in [0.2, 0.25) is 0 Å². The van der Waals surface area contributed by atoms with Crippen molar-refractivity contribution in [2.24, 2.45) is 0 Å². The van der Waals surface area contributed by atoms with E-state index >= 15 is 0 Å². The van der Waals surface area contributed by atoms with Crippen LogP contribution in [0, 0.1) is 0 Å². The first-order valence-electron chi connectivity index (χ1n) is 36.7. The maximum absolute atomic E-state index is 12.2. The van der Waals surface area contributed by atoms with Crippen molar-refractivity contribution < 1.29 is 118 Å². The number of allylic oxidation sites excluding steroid dienone is 6. The predicted molar refractivity (Wildman–Crippen MR) is 467 cm³/mol. The molecule has 0 saturated carbocycles. The highest BCUT2D eigenvalue weighted by molar-refractivity contribution is 6.12. The topological polar surface area (TPSA) is 379 Å². The van der Waals surface area contributed by atoms with Gasteiger partial charge in [0.1, 0.15) is 57.5 Å². The Bertz CT molecular complexity index is 5790. The van der Waals surface area contributed by atoms with Gasteiger partial charge in [0, 0.05) is 28.8 Å². The van der Waals surface area contributed by atoms with Crippen LogP contribution >= 0.6 is 0 Å². The van der Waals surface area contributed by atoms with E-state index in [0.29, 0.717) is 62.7 Å². The Morgan fingerprint density at radius 3 is 0.934 bits per heavy atom. The minimum atomic E-state index is -0.387. The van der Waals surface area contributed by atoms with Crippen LogP contribution in [0.4, 0.5) is 0 Å². The standard InChI is InChI=1S/C18H18O5.C17H16O5.C17H16O4.C16H14O4.2C15H12O3/c1-21-13-8-9-14(16(20)11-13)15(19)10-7-12-5-4-6-17(22-2)18(12)23-3;1-21-16-5-3-4-11(17(16)22-2)6-9-14(19)13-8-7-12(18)10-15(13)20;1-20-16-10-8-12(11-17(16)21-2)7-9-15(19)13-5-3-4-6-14(13)18;1-20-15-8-4-5-11(16(15)19)9-10-14(18)12-6-2-3-7-13(12)17;16-12-5-3-4-11(10-12)8-9-15(18)13-6-1-2-7-14(13)17;16-12-8-5-11(6-9-12)7-10-15(18)13-3-1-2-4-14(13)17/h4-11,20H,1-3H3;3-10,18,20H,1-2H3;3-11,18H,1-2H3;2-10,17,19H,1H3;2*1-10,16-17H/b10-7+;9-6+;9-7+;10-9+;9-8+;10-7+. The van der Waals surface area contributed by atoms with E-state index in [-0.39, 0.29) is 126 Å². The van der Waals surface area contributed by atoms with Crippen LogP contribution in [-0.2, 0) is 0 Å². The van der Waals surface area contributed by atoms with E-state index in [2.05, 4.69) is 0 Å². The molecule has 12 aromatic carbocycles. The van der Waals surface area contributed by atoms with E-state index in [9.17, 15) is 74.7 Å². The van der Waals surface area contributed by atoms with Gasteiger partial charge in [-0.2, -0.15) is 0 Å². The van der Waals surface area contributed by atoms with Gasteiger partial charge in [-0.1, -0.05) is 133 Å². The Hall–Kier alpha value is -16.5. The minimum Gasteiger partial charge on any atom is -0.508 e. The van der Waals surface area contributed by atoms with Crippen molar-refractivity contribution in [2.45, 2.75) is 0 Å². The number of ether oxygens (including phenoxy) is 8. The number of carbonyl (C=O) groups excluding carboxylic acids is 6. The molecular weight excluding hydrogens is 1560 g/mol. The molecule has 0 aromatic heterocycles. The van der Waals surface area contributed by atoms with Gasteiger partial charge in [-0.15, -0.1) is 0 Å². The fraction of sp³-hybridized carbons (Fsp3) is 0.0816. The second kappa shape index (κ2) is 47.5. The monoisotopic (exact) mass is 1650 g/mol. The molecule has 0 saturated heterocycles. The van der Waals surface area contributed by atoms with Crippen molar-refractivity contribution in [3.8, 4) is 103 Å². The lowest BCUT2D eigenvalue weighted by Crippen LogP contribution is -1.96. The van der Waals surface area contributed by atoms with Gasteiger partial charge >= 0.3 is 0 Å². The third-order valence-electron chi connectivity index (χ3n) is 17.2. The fourth-order valence-corrected chi connectivity index (χ4v) is 10.9. The zero-order chi connectivity index (χ0) is 88.6. The molecule has 0 atom stereocenters. The average molecular weight is 1650 g/mol. The molecule has 0 fully saturated rings. The van der Waals surface area contributed by atoms with Crippen LogP contribution in [0.15, 0.2) is 291 Å². The Kier molecular flexibility index (Phi) is 36.1. The molecule has 0 amide bonds. The summed E-state index contributed by atoms with van der Waals surface area (Å²) in [5, 5.41) is 95.4. The first-order valence-corrected chi connectivity index (χ1v) is 36.7. The van der Waals surface area contributed by atoms with Crippen LogP contribution in [0.3, 0.4) is 0 Å². The number of aromatic hydroxyl groups is 10. The van der Waals surface area contributed by atoms with Gasteiger partial charge in [0.05, 0.1) is 90.3 Å². The molecule has 624 valence electrons. The fourth-order valence-electron chi connectivity index (χ4n) is 10.9.